The van der Waals surface area contributed by atoms with Crippen LogP contribution in [0.25, 0.3) is 0 Å². The van der Waals surface area contributed by atoms with E-state index in [2.05, 4.69) is 15.6 Å². The van der Waals surface area contributed by atoms with Gasteiger partial charge in [-0.15, -0.1) is 0 Å². The number of nitrogens with two attached hydrogens (primary N) is 1. The zero-order valence-corrected chi connectivity index (χ0v) is 20.1. The summed E-state index contributed by atoms with van der Waals surface area (Å²) >= 11 is 6.16. The van der Waals surface area contributed by atoms with Gasteiger partial charge in [-0.1, -0.05) is 18.5 Å². The van der Waals surface area contributed by atoms with Crippen molar-refractivity contribution in [3.8, 4) is 5.75 Å². The Labute approximate surface area is 207 Å². The molecule has 2 aromatic carbocycles. The number of aromatic nitrogens is 1. The van der Waals surface area contributed by atoms with Crippen LogP contribution in [-0.2, 0) is 17.8 Å². The van der Waals surface area contributed by atoms with Crippen LogP contribution >= 0.6 is 11.6 Å². The number of carboxylic acids is 1. The van der Waals surface area contributed by atoms with Crippen LogP contribution in [0.15, 0.2) is 48.5 Å². The highest BCUT2D eigenvalue weighted by Crippen LogP contribution is 2.27. The molecular weight excluding hydrogens is 470 g/mol. The van der Waals surface area contributed by atoms with Crippen molar-refractivity contribution in [1.82, 2.24) is 4.98 Å². The van der Waals surface area contributed by atoms with E-state index >= 15 is 0 Å². The van der Waals surface area contributed by atoms with E-state index in [-0.39, 0.29) is 18.3 Å². The van der Waals surface area contributed by atoms with Crippen molar-refractivity contribution in [3.63, 3.8) is 0 Å². The normalized spacial score (nSPS) is 10.5. The zero-order valence-electron chi connectivity index (χ0n) is 19.3. The Bertz CT molecular complexity index is 1260. The molecule has 182 valence electrons. The molecule has 0 radical (unpaired) electrons. The van der Waals surface area contributed by atoms with Crippen molar-refractivity contribution in [2.24, 2.45) is 5.73 Å². The minimum Gasteiger partial charge on any atom is -0.480 e. The van der Waals surface area contributed by atoms with Crippen LogP contribution in [0.3, 0.4) is 0 Å². The molecule has 9 nitrogen and oxygen atoms in total. The molecule has 1 heterocycles. The van der Waals surface area contributed by atoms with Gasteiger partial charge in [-0.2, -0.15) is 0 Å². The smallest absolute Gasteiger partial charge is 0.341 e. The molecule has 10 heteroatoms. The quantitative estimate of drug-likeness (QED) is 0.208. The summed E-state index contributed by atoms with van der Waals surface area (Å²) in [5.41, 5.74) is 9.52. The van der Waals surface area contributed by atoms with E-state index in [9.17, 15) is 9.59 Å². The highest BCUT2D eigenvalue weighted by molar-refractivity contribution is 6.31. The molecule has 6 N–H and O–H groups in total. The molecule has 0 saturated carbocycles. The molecule has 0 unspecified atom stereocenters. The third-order valence-corrected chi connectivity index (χ3v) is 5.33. The van der Waals surface area contributed by atoms with E-state index in [0.29, 0.717) is 45.4 Å². The Morgan fingerprint density at radius 3 is 2.51 bits per heavy atom. The number of rotatable bonds is 10. The number of carbonyl (C=O) groups is 2. The third-order valence-electron chi connectivity index (χ3n) is 5.10. The number of aryl methyl sites for hydroxylation is 2. The number of benzene rings is 2. The second-order valence-corrected chi connectivity index (χ2v) is 8.16. The lowest BCUT2D eigenvalue weighted by molar-refractivity contribution is -0.139. The number of carboxylic acid groups (broad SMARTS) is 1. The molecule has 35 heavy (non-hydrogen) atoms. The van der Waals surface area contributed by atoms with E-state index < -0.39 is 12.6 Å². The largest absolute Gasteiger partial charge is 0.480 e. The highest BCUT2D eigenvalue weighted by atomic mass is 35.5. The van der Waals surface area contributed by atoms with Crippen LogP contribution < -0.4 is 21.1 Å². The maximum absolute atomic E-state index is 13.0. The van der Waals surface area contributed by atoms with E-state index in [4.69, 9.17) is 32.6 Å². The number of hydrogen-bond acceptors (Lipinski definition) is 6. The molecule has 1 aromatic heterocycles. The number of amidine groups is 1. The van der Waals surface area contributed by atoms with Gasteiger partial charge in [-0.05, 0) is 67.4 Å². The summed E-state index contributed by atoms with van der Waals surface area (Å²) in [7, 11) is 0. The fourth-order valence-corrected chi connectivity index (χ4v) is 3.63. The first kappa shape index (κ1) is 25.5. The average Bonchev–Trinajstić information content (AvgIpc) is 2.82. The van der Waals surface area contributed by atoms with Crippen molar-refractivity contribution in [2.75, 3.05) is 17.2 Å². The van der Waals surface area contributed by atoms with Gasteiger partial charge in [0.1, 0.15) is 17.3 Å². The number of carbonyl (C=O) groups excluding carboxylic acids is 1. The highest BCUT2D eigenvalue weighted by Gasteiger charge is 2.17. The Balaban J connectivity index is 1.84. The number of halogens is 1. The molecule has 3 aromatic rings. The van der Waals surface area contributed by atoms with Gasteiger partial charge in [0.15, 0.2) is 6.61 Å². The first-order chi connectivity index (χ1) is 16.7. The summed E-state index contributed by atoms with van der Waals surface area (Å²) in [4.78, 5) is 28.6. The summed E-state index contributed by atoms with van der Waals surface area (Å²) < 4.78 is 5.54. The monoisotopic (exact) mass is 495 g/mol. The maximum atomic E-state index is 13.0. The number of anilines is 2. The van der Waals surface area contributed by atoms with E-state index in [1.54, 1.807) is 42.5 Å². The molecule has 1 amide bonds. The van der Waals surface area contributed by atoms with Gasteiger partial charge in [-0.25, -0.2) is 4.79 Å². The fraction of sp³-hybridized carbons (Fsp3) is 0.200. The van der Waals surface area contributed by atoms with Crippen LogP contribution in [-0.4, -0.2) is 34.4 Å². The van der Waals surface area contributed by atoms with Gasteiger partial charge >= 0.3 is 5.97 Å². The Hall–Kier alpha value is -4.11. The number of pyridine rings is 1. The predicted molar refractivity (Wildman–Crippen MR) is 136 cm³/mol. The lowest BCUT2D eigenvalue weighted by Gasteiger charge is -2.17. The molecule has 0 spiro atoms. The standard InChI is InChI=1S/C25H26ClN5O4/c1-3-15-10-14(2)30-21(23(15)35-13-22(32)33)12-29-20-9-6-17(26)11-19(20)25(34)31-18-7-4-16(5-8-18)24(27)28/h4-11,29H,3,12-13H2,1-2H3,(H3,27,28)(H,31,34)(H,32,33). The summed E-state index contributed by atoms with van der Waals surface area (Å²) in [6.45, 7) is 3.51. The fourth-order valence-electron chi connectivity index (χ4n) is 3.46. The first-order valence-corrected chi connectivity index (χ1v) is 11.2. The summed E-state index contributed by atoms with van der Waals surface area (Å²) in [5, 5.41) is 22.9. The minimum absolute atomic E-state index is 0.0631. The number of amides is 1. The predicted octanol–water partition coefficient (Wildman–Crippen LogP) is 4.22. The Morgan fingerprint density at radius 1 is 1.17 bits per heavy atom. The number of ether oxygens (including phenoxy) is 1. The lowest BCUT2D eigenvalue weighted by atomic mass is 10.1. The number of hydrogen-bond donors (Lipinski definition) is 5. The van der Waals surface area contributed by atoms with Gasteiger partial charge in [-0.3, -0.25) is 15.2 Å². The number of nitrogens with one attached hydrogen (secondary N) is 3. The second kappa shape index (κ2) is 11.3. The van der Waals surface area contributed by atoms with Crippen molar-refractivity contribution >= 4 is 40.7 Å². The molecule has 0 saturated heterocycles. The van der Waals surface area contributed by atoms with Crippen molar-refractivity contribution in [1.29, 1.82) is 5.41 Å². The summed E-state index contributed by atoms with van der Waals surface area (Å²) in [5.74, 6) is -1.12. The average molecular weight is 496 g/mol. The summed E-state index contributed by atoms with van der Waals surface area (Å²) in [6.07, 6.45) is 0.641. The van der Waals surface area contributed by atoms with Crippen LogP contribution in [0.5, 0.6) is 5.75 Å². The number of aliphatic carboxylic acids is 1. The molecule has 0 aliphatic rings. The van der Waals surface area contributed by atoms with Crippen LogP contribution in [0.4, 0.5) is 11.4 Å². The Kier molecular flexibility index (Phi) is 8.27. The molecule has 0 aliphatic heterocycles. The molecule has 0 fully saturated rings. The molecule has 0 atom stereocenters. The SMILES string of the molecule is CCc1cc(C)nc(CNc2ccc(Cl)cc2C(=O)Nc2ccc(C(=N)N)cc2)c1OCC(=O)O. The van der Waals surface area contributed by atoms with E-state index in [1.807, 2.05) is 19.9 Å². The molecule has 0 aliphatic carbocycles. The zero-order chi connectivity index (χ0) is 25.5. The molecular formula is C25H26ClN5O4. The van der Waals surface area contributed by atoms with Gasteiger partial charge in [0, 0.05) is 27.7 Å². The first-order valence-electron chi connectivity index (χ1n) is 10.8. The van der Waals surface area contributed by atoms with Crippen LogP contribution in [0, 0.1) is 12.3 Å². The van der Waals surface area contributed by atoms with Crippen LogP contribution in [0.2, 0.25) is 5.02 Å². The van der Waals surface area contributed by atoms with Gasteiger partial charge in [0.2, 0.25) is 0 Å². The summed E-state index contributed by atoms with van der Waals surface area (Å²) in [6, 6.07) is 13.3. The second-order valence-electron chi connectivity index (χ2n) is 7.72. The maximum Gasteiger partial charge on any atom is 0.341 e. The third kappa shape index (κ3) is 6.70. The van der Waals surface area contributed by atoms with Crippen molar-refractivity contribution in [2.45, 2.75) is 26.8 Å². The van der Waals surface area contributed by atoms with Gasteiger partial charge in [0.25, 0.3) is 5.91 Å². The minimum atomic E-state index is -1.08. The van der Waals surface area contributed by atoms with E-state index in [1.165, 1.54) is 0 Å². The van der Waals surface area contributed by atoms with Gasteiger partial charge < -0.3 is 26.2 Å². The lowest BCUT2D eigenvalue weighted by Crippen LogP contribution is -2.17. The molecule has 0 bridgehead atoms. The Morgan fingerprint density at radius 2 is 1.89 bits per heavy atom. The van der Waals surface area contributed by atoms with Gasteiger partial charge in [0.05, 0.1) is 12.1 Å². The number of nitrogen functional groups attached to an aromatic ring is 1. The van der Waals surface area contributed by atoms with Crippen LogP contribution in [0.1, 0.15) is 39.8 Å². The van der Waals surface area contributed by atoms with Crippen molar-refractivity contribution in [3.05, 3.63) is 81.6 Å². The molecule has 3 rings (SSSR count). The van der Waals surface area contributed by atoms with Crippen molar-refractivity contribution < 1.29 is 19.4 Å². The number of nitrogens with zero attached hydrogens (tertiary/aromatic N) is 1. The topological polar surface area (TPSA) is 150 Å². The van der Waals surface area contributed by atoms with E-state index in [0.717, 1.165) is 11.3 Å².